The first-order chi connectivity index (χ1) is 7.33. The van der Waals surface area contributed by atoms with Crippen molar-refractivity contribution in [1.82, 2.24) is 0 Å². The van der Waals surface area contributed by atoms with Crippen molar-refractivity contribution in [2.75, 3.05) is 0 Å². The van der Waals surface area contributed by atoms with Gasteiger partial charge in [-0.05, 0) is 43.9 Å². The molecule has 2 aliphatic carbocycles. The Bertz CT molecular complexity index is 321. The van der Waals surface area contributed by atoms with Crippen molar-refractivity contribution in [2.24, 2.45) is 23.2 Å². The van der Waals surface area contributed by atoms with Crippen molar-refractivity contribution in [3.05, 3.63) is 24.3 Å². The van der Waals surface area contributed by atoms with Gasteiger partial charge in [-0.1, -0.05) is 38.2 Å². The first kappa shape index (κ1) is 11.9. The molecule has 0 saturated heterocycles. The number of fused-ring (bicyclic) bond motifs is 1. The lowest BCUT2D eigenvalue weighted by atomic mass is 9.59. The summed E-state index contributed by atoms with van der Waals surface area (Å²) in [6.07, 6.45) is 11.5. The van der Waals surface area contributed by atoms with Gasteiger partial charge in [-0.3, -0.25) is 0 Å². The van der Waals surface area contributed by atoms with Crippen molar-refractivity contribution in [2.45, 2.75) is 46.1 Å². The van der Waals surface area contributed by atoms with Crippen LogP contribution in [0, 0.1) is 23.2 Å². The van der Waals surface area contributed by atoms with Crippen LogP contribution >= 0.6 is 0 Å². The van der Waals surface area contributed by atoms with Crippen LogP contribution in [0.25, 0.3) is 0 Å². The maximum Gasteiger partial charge on any atom is 0.0654 e. The Kier molecular flexibility index (Phi) is 2.78. The third-order valence-corrected chi connectivity index (χ3v) is 4.60. The summed E-state index contributed by atoms with van der Waals surface area (Å²) in [6, 6.07) is 0. The van der Waals surface area contributed by atoms with E-state index in [4.69, 9.17) is 0 Å². The quantitative estimate of drug-likeness (QED) is 0.670. The van der Waals surface area contributed by atoms with Gasteiger partial charge in [-0.25, -0.2) is 0 Å². The van der Waals surface area contributed by atoms with E-state index in [1.54, 1.807) is 0 Å². The fourth-order valence-electron chi connectivity index (χ4n) is 3.31. The van der Waals surface area contributed by atoms with Gasteiger partial charge in [0.25, 0.3) is 0 Å². The number of hydrogen-bond donors (Lipinski definition) is 1. The molecule has 0 radical (unpaired) electrons. The molecule has 0 spiro atoms. The van der Waals surface area contributed by atoms with Gasteiger partial charge in [0.15, 0.2) is 0 Å². The topological polar surface area (TPSA) is 20.2 Å². The lowest BCUT2D eigenvalue weighted by Crippen LogP contribution is -2.41. The van der Waals surface area contributed by atoms with Crippen LogP contribution in [0.2, 0.25) is 0 Å². The number of hydrogen-bond acceptors (Lipinski definition) is 1. The van der Waals surface area contributed by atoms with Crippen LogP contribution < -0.4 is 0 Å². The molecule has 0 aliphatic heterocycles. The second kappa shape index (κ2) is 3.73. The van der Waals surface area contributed by atoms with E-state index in [0.29, 0.717) is 23.2 Å². The zero-order chi connectivity index (χ0) is 12.0. The molecule has 0 aromatic carbocycles. The summed E-state index contributed by atoms with van der Waals surface area (Å²) < 4.78 is 0. The van der Waals surface area contributed by atoms with E-state index in [-0.39, 0.29) is 0 Å². The normalized spacial score (nSPS) is 43.2. The monoisotopic (exact) mass is 220 g/mol. The molecule has 1 nitrogen and oxygen atoms in total. The lowest BCUT2D eigenvalue weighted by Gasteiger charge is -2.47. The SMILES string of the molecule is CC1C=CC[C@]2(C)C=C[C@@H](C(C)(C)O)CC12. The predicted octanol–water partition coefficient (Wildman–Crippen LogP) is 3.55. The Morgan fingerprint density at radius 3 is 2.62 bits per heavy atom. The molecule has 0 heterocycles. The fraction of sp³-hybridized carbons (Fsp3) is 0.733. The van der Waals surface area contributed by atoms with Gasteiger partial charge in [0.05, 0.1) is 5.60 Å². The third kappa shape index (κ3) is 1.98. The summed E-state index contributed by atoms with van der Waals surface area (Å²) in [6.45, 7) is 8.51. The maximum atomic E-state index is 10.1. The van der Waals surface area contributed by atoms with Crippen molar-refractivity contribution in [3.63, 3.8) is 0 Å². The molecule has 0 saturated carbocycles. The van der Waals surface area contributed by atoms with E-state index < -0.39 is 5.60 Å². The first-order valence-electron chi connectivity index (χ1n) is 6.41. The van der Waals surface area contributed by atoms with Gasteiger partial charge in [-0.2, -0.15) is 0 Å². The minimum Gasteiger partial charge on any atom is -0.390 e. The second-order valence-corrected chi connectivity index (χ2v) is 6.46. The number of rotatable bonds is 1. The molecular weight excluding hydrogens is 196 g/mol. The summed E-state index contributed by atoms with van der Waals surface area (Å²) >= 11 is 0. The highest BCUT2D eigenvalue weighted by atomic mass is 16.3. The lowest BCUT2D eigenvalue weighted by molar-refractivity contribution is 0.00578. The highest BCUT2D eigenvalue weighted by molar-refractivity contribution is 5.18. The molecule has 0 aromatic heterocycles. The summed E-state index contributed by atoms with van der Waals surface area (Å²) in [4.78, 5) is 0. The van der Waals surface area contributed by atoms with Crippen molar-refractivity contribution in [3.8, 4) is 0 Å². The second-order valence-electron chi connectivity index (χ2n) is 6.46. The Labute approximate surface area is 99.3 Å². The van der Waals surface area contributed by atoms with Gasteiger partial charge in [0.1, 0.15) is 0 Å². The standard InChI is InChI=1S/C15H24O/c1-11-6-5-8-15(4)9-7-12(10-13(11)15)14(2,3)16/h5-7,9,11-13,16H,8,10H2,1-4H3/t11?,12-,13?,15-/m1/s1. The van der Waals surface area contributed by atoms with Crippen LogP contribution in [0.3, 0.4) is 0 Å². The Balaban J connectivity index is 2.26. The minimum atomic E-state index is -0.585. The average Bonchev–Trinajstić information content (AvgIpc) is 2.15. The molecule has 2 aliphatic rings. The fourth-order valence-corrected chi connectivity index (χ4v) is 3.31. The maximum absolute atomic E-state index is 10.1. The molecule has 0 fully saturated rings. The van der Waals surface area contributed by atoms with Gasteiger partial charge in [-0.15, -0.1) is 0 Å². The Hall–Kier alpha value is -0.560. The molecule has 2 rings (SSSR count). The summed E-state index contributed by atoms with van der Waals surface area (Å²) in [5.41, 5.74) is -0.269. The molecule has 1 heteroatoms. The van der Waals surface area contributed by atoms with E-state index in [1.807, 2.05) is 13.8 Å². The van der Waals surface area contributed by atoms with Crippen molar-refractivity contribution < 1.29 is 5.11 Å². The predicted molar refractivity (Wildman–Crippen MR) is 68.1 cm³/mol. The van der Waals surface area contributed by atoms with Crippen molar-refractivity contribution >= 4 is 0 Å². The first-order valence-corrected chi connectivity index (χ1v) is 6.41. The summed E-state index contributed by atoms with van der Waals surface area (Å²) in [7, 11) is 0. The van der Waals surface area contributed by atoms with E-state index in [2.05, 4.69) is 38.2 Å². The molecule has 0 bridgehead atoms. The third-order valence-electron chi connectivity index (χ3n) is 4.60. The van der Waals surface area contributed by atoms with E-state index in [9.17, 15) is 5.11 Å². The van der Waals surface area contributed by atoms with Crippen LogP contribution in [0.5, 0.6) is 0 Å². The van der Waals surface area contributed by atoms with Gasteiger partial charge in [0.2, 0.25) is 0 Å². The van der Waals surface area contributed by atoms with Crippen molar-refractivity contribution in [1.29, 1.82) is 0 Å². The highest BCUT2D eigenvalue weighted by Crippen LogP contribution is 2.49. The zero-order valence-electron chi connectivity index (χ0n) is 10.9. The Morgan fingerprint density at radius 1 is 1.31 bits per heavy atom. The number of allylic oxidation sites excluding steroid dienone is 3. The van der Waals surface area contributed by atoms with Crippen LogP contribution in [0.4, 0.5) is 0 Å². The van der Waals surface area contributed by atoms with E-state index >= 15 is 0 Å². The summed E-state index contributed by atoms with van der Waals surface area (Å²) in [5.74, 6) is 1.62. The summed E-state index contributed by atoms with van der Waals surface area (Å²) in [5, 5.41) is 10.1. The molecule has 1 N–H and O–H groups in total. The molecule has 16 heavy (non-hydrogen) atoms. The Morgan fingerprint density at radius 2 is 2.00 bits per heavy atom. The van der Waals surface area contributed by atoms with Crippen LogP contribution in [-0.4, -0.2) is 10.7 Å². The average molecular weight is 220 g/mol. The van der Waals surface area contributed by atoms with Gasteiger partial charge >= 0.3 is 0 Å². The minimum absolute atomic E-state index is 0.305. The molecule has 0 aromatic rings. The van der Waals surface area contributed by atoms with Gasteiger partial charge < -0.3 is 5.11 Å². The van der Waals surface area contributed by atoms with Crippen LogP contribution in [0.1, 0.15) is 40.5 Å². The molecular formula is C15H24O. The molecule has 0 amide bonds. The number of aliphatic hydroxyl groups is 1. The van der Waals surface area contributed by atoms with E-state index in [0.717, 1.165) is 12.8 Å². The zero-order valence-corrected chi connectivity index (χ0v) is 10.9. The molecule has 4 atom stereocenters. The largest absolute Gasteiger partial charge is 0.390 e. The highest BCUT2D eigenvalue weighted by Gasteiger charge is 2.42. The van der Waals surface area contributed by atoms with Gasteiger partial charge in [0, 0.05) is 5.92 Å². The smallest absolute Gasteiger partial charge is 0.0654 e. The van der Waals surface area contributed by atoms with E-state index in [1.165, 1.54) is 0 Å². The van der Waals surface area contributed by atoms with Crippen LogP contribution in [0.15, 0.2) is 24.3 Å². The van der Waals surface area contributed by atoms with Crippen LogP contribution in [-0.2, 0) is 0 Å². The molecule has 2 unspecified atom stereocenters. The molecule has 90 valence electrons.